The lowest BCUT2D eigenvalue weighted by atomic mass is 10.2. The van der Waals surface area contributed by atoms with Crippen molar-refractivity contribution in [2.45, 2.75) is 6.92 Å². The number of thioether (sulfide) groups is 1. The monoisotopic (exact) mass is 344 g/mol. The number of aryl methyl sites for hydroxylation is 1. The molecule has 1 N–H and O–H groups in total. The van der Waals surface area contributed by atoms with Crippen LogP contribution in [-0.2, 0) is 4.79 Å². The molecular weight excluding hydrogens is 332 g/mol. The van der Waals surface area contributed by atoms with E-state index in [1.807, 2.05) is 19.1 Å². The molecule has 2 amide bonds. The third-order valence-corrected chi connectivity index (χ3v) is 4.38. The fraction of sp³-hybridized carbons (Fsp3) is 0.0625. The average Bonchev–Trinajstić information content (AvgIpc) is 3.07. The van der Waals surface area contributed by atoms with Crippen LogP contribution in [-0.4, -0.2) is 21.1 Å². The van der Waals surface area contributed by atoms with E-state index < -0.39 is 5.91 Å². The minimum Gasteiger partial charge on any atom is -0.462 e. The van der Waals surface area contributed by atoms with Crippen LogP contribution in [0.2, 0.25) is 0 Å². The Balaban J connectivity index is 1.77. The Morgan fingerprint density at radius 3 is 2.65 bits per heavy atom. The van der Waals surface area contributed by atoms with Gasteiger partial charge >= 0.3 is 0 Å². The van der Waals surface area contributed by atoms with Crippen LogP contribution in [0.5, 0.6) is 0 Å². The van der Waals surface area contributed by atoms with Crippen molar-refractivity contribution in [2.75, 3.05) is 0 Å². The predicted octanol–water partition coefficient (Wildman–Crippen LogP) is 3.13. The lowest BCUT2D eigenvalue weighted by Gasteiger charge is -2.15. The molecule has 0 radical (unpaired) electrons. The molecule has 2 aromatic rings. The van der Waals surface area contributed by atoms with Gasteiger partial charge in [-0.15, -0.1) is 0 Å². The molecule has 7 heteroatoms. The van der Waals surface area contributed by atoms with Crippen molar-refractivity contribution in [3.63, 3.8) is 0 Å². The van der Waals surface area contributed by atoms with Crippen molar-refractivity contribution in [3.05, 3.63) is 64.5 Å². The Labute approximate surface area is 142 Å². The van der Waals surface area contributed by atoms with Crippen LogP contribution < -0.4 is 5.43 Å². The molecule has 2 heterocycles. The number of nitrogens with zero attached hydrogens (tertiary/aromatic N) is 1. The van der Waals surface area contributed by atoms with Gasteiger partial charge in [-0.25, -0.2) is 0 Å². The second-order valence-corrected chi connectivity index (χ2v) is 6.45. The summed E-state index contributed by atoms with van der Waals surface area (Å²) in [6.07, 6.45) is 1.61. The number of nitrogens with one attached hydrogen (secondary N) is 1. The minimum atomic E-state index is -0.392. The summed E-state index contributed by atoms with van der Waals surface area (Å²) in [5, 5.41) is 1.08. The summed E-state index contributed by atoms with van der Waals surface area (Å²) < 4.78 is 5.70. The molecule has 0 atom stereocenters. The van der Waals surface area contributed by atoms with Crippen molar-refractivity contribution >= 4 is 46.2 Å². The van der Waals surface area contributed by atoms with Gasteiger partial charge < -0.3 is 4.42 Å². The highest BCUT2D eigenvalue weighted by Gasteiger charge is 2.34. The van der Waals surface area contributed by atoms with E-state index in [1.54, 1.807) is 36.4 Å². The van der Waals surface area contributed by atoms with Gasteiger partial charge in [-0.1, -0.05) is 30.0 Å². The quantitative estimate of drug-likeness (QED) is 0.685. The van der Waals surface area contributed by atoms with Crippen molar-refractivity contribution < 1.29 is 14.0 Å². The van der Waals surface area contributed by atoms with Gasteiger partial charge in [0.2, 0.25) is 0 Å². The molecule has 0 aliphatic carbocycles. The summed E-state index contributed by atoms with van der Waals surface area (Å²) in [4.78, 5) is 24.9. The van der Waals surface area contributed by atoms with Crippen LogP contribution in [0.25, 0.3) is 6.08 Å². The zero-order valence-electron chi connectivity index (χ0n) is 12.1. The number of benzene rings is 1. The van der Waals surface area contributed by atoms with Gasteiger partial charge in [0.05, 0.1) is 4.91 Å². The minimum absolute atomic E-state index is 0.272. The van der Waals surface area contributed by atoms with E-state index in [9.17, 15) is 9.59 Å². The first-order valence-electron chi connectivity index (χ1n) is 6.75. The van der Waals surface area contributed by atoms with Gasteiger partial charge in [0.15, 0.2) is 4.32 Å². The average molecular weight is 344 g/mol. The first-order chi connectivity index (χ1) is 11.0. The van der Waals surface area contributed by atoms with Gasteiger partial charge in [0.1, 0.15) is 11.5 Å². The lowest BCUT2D eigenvalue weighted by Crippen LogP contribution is -2.44. The number of thiocarbonyl (C=S) groups is 1. The molecule has 3 rings (SSSR count). The standard InChI is InChI=1S/C16H12N2O3S2/c1-10-7-8-12(21-10)9-13-15(20)18(16(22)23-13)17-14(19)11-5-3-2-4-6-11/h2-9H,1H3,(H,17,19)/b13-9-. The molecule has 1 aromatic carbocycles. The SMILES string of the molecule is Cc1ccc(/C=C2\SC(=S)N(NC(=O)c3ccccc3)C2=O)o1. The summed E-state index contributed by atoms with van der Waals surface area (Å²) in [6, 6.07) is 12.2. The highest BCUT2D eigenvalue weighted by Crippen LogP contribution is 2.31. The van der Waals surface area contributed by atoms with Crippen LogP contribution >= 0.6 is 24.0 Å². The number of hydrazine groups is 1. The maximum atomic E-state index is 12.4. The zero-order chi connectivity index (χ0) is 16.4. The van der Waals surface area contributed by atoms with Crippen molar-refractivity contribution in [2.24, 2.45) is 0 Å². The Bertz CT molecular complexity index is 812. The Hall–Kier alpha value is -2.38. The normalized spacial score (nSPS) is 16.2. The van der Waals surface area contributed by atoms with E-state index in [0.717, 1.165) is 22.5 Å². The predicted molar refractivity (Wildman–Crippen MR) is 92.4 cm³/mol. The van der Waals surface area contributed by atoms with Crippen LogP contribution in [0.15, 0.2) is 51.8 Å². The van der Waals surface area contributed by atoms with Gasteiger partial charge in [-0.3, -0.25) is 15.0 Å². The molecule has 1 fully saturated rings. The number of furan rings is 1. The van der Waals surface area contributed by atoms with E-state index >= 15 is 0 Å². The van der Waals surface area contributed by atoms with Gasteiger partial charge in [-0.05, 0) is 43.4 Å². The number of carbonyl (C=O) groups is 2. The fourth-order valence-corrected chi connectivity index (χ4v) is 3.14. The zero-order valence-corrected chi connectivity index (χ0v) is 13.7. The van der Waals surface area contributed by atoms with Crippen LogP contribution in [0, 0.1) is 6.92 Å². The molecule has 1 aliphatic rings. The Morgan fingerprint density at radius 2 is 2.00 bits per heavy atom. The van der Waals surface area contributed by atoms with Crippen molar-refractivity contribution in [1.29, 1.82) is 0 Å². The number of hydrogen-bond donors (Lipinski definition) is 1. The van der Waals surface area contributed by atoms with E-state index in [0.29, 0.717) is 16.2 Å². The number of hydrogen-bond acceptors (Lipinski definition) is 5. The molecule has 23 heavy (non-hydrogen) atoms. The number of rotatable bonds is 3. The maximum absolute atomic E-state index is 12.4. The molecule has 1 saturated heterocycles. The Kier molecular flexibility index (Phi) is 4.31. The number of carbonyl (C=O) groups excluding carboxylic acids is 2. The third kappa shape index (κ3) is 3.35. The van der Waals surface area contributed by atoms with Crippen LogP contribution in [0.4, 0.5) is 0 Å². The van der Waals surface area contributed by atoms with Gasteiger partial charge in [-0.2, -0.15) is 5.01 Å². The summed E-state index contributed by atoms with van der Waals surface area (Å²) >= 11 is 6.28. The van der Waals surface area contributed by atoms with E-state index in [4.69, 9.17) is 16.6 Å². The van der Waals surface area contributed by atoms with E-state index in [1.165, 1.54) is 0 Å². The molecule has 5 nitrogen and oxygen atoms in total. The van der Waals surface area contributed by atoms with Crippen molar-refractivity contribution in [3.8, 4) is 0 Å². The Morgan fingerprint density at radius 1 is 1.26 bits per heavy atom. The smallest absolute Gasteiger partial charge is 0.285 e. The molecule has 0 bridgehead atoms. The third-order valence-electron chi connectivity index (χ3n) is 3.08. The largest absolute Gasteiger partial charge is 0.462 e. The van der Waals surface area contributed by atoms with Gasteiger partial charge in [0, 0.05) is 11.6 Å². The topological polar surface area (TPSA) is 62.6 Å². The molecular formula is C16H12N2O3S2. The first kappa shape index (κ1) is 15.5. The van der Waals surface area contributed by atoms with Crippen LogP contribution in [0.3, 0.4) is 0 Å². The summed E-state index contributed by atoms with van der Waals surface area (Å²) in [6.45, 7) is 1.82. The van der Waals surface area contributed by atoms with Crippen molar-refractivity contribution in [1.82, 2.24) is 10.4 Å². The van der Waals surface area contributed by atoms with E-state index in [2.05, 4.69) is 5.43 Å². The maximum Gasteiger partial charge on any atom is 0.285 e. The molecule has 0 spiro atoms. The molecule has 0 saturated carbocycles. The number of amides is 2. The highest BCUT2D eigenvalue weighted by molar-refractivity contribution is 8.26. The molecule has 116 valence electrons. The fourth-order valence-electron chi connectivity index (χ4n) is 1.98. The second-order valence-electron chi connectivity index (χ2n) is 4.77. The summed E-state index contributed by atoms with van der Waals surface area (Å²) in [7, 11) is 0. The molecule has 1 aromatic heterocycles. The highest BCUT2D eigenvalue weighted by atomic mass is 32.2. The van der Waals surface area contributed by atoms with E-state index in [-0.39, 0.29) is 10.2 Å². The second kappa shape index (κ2) is 6.39. The first-order valence-corrected chi connectivity index (χ1v) is 7.97. The lowest BCUT2D eigenvalue weighted by molar-refractivity contribution is -0.123. The summed E-state index contributed by atoms with van der Waals surface area (Å²) in [5.41, 5.74) is 2.98. The van der Waals surface area contributed by atoms with Crippen LogP contribution in [0.1, 0.15) is 21.9 Å². The summed E-state index contributed by atoms with van der Waals surface area (Å²) in [5.74, 6) is 0.553. The molecule has 0 unspecified atom stereocenters. The van der Waals surface area contributed by atoms with Gasteiger partial charge in [0.25, 0.3) is 11.8 Å². The molecule has 1 aliphatic heterocycles.